The summed E-state index contributed by atoms with van der Waals surface area (Å²) >= 11 is 0. The third-order valence-electron chi connectivity index (χ3n) is 3.75. The minimum Gasteiger partial charge on any atom is -0.508 e. The predicted molar refractivity (Wildman–Crippen MR) is 83.3 cm³/mol. The highest BCUT2D eigenvalue weighted by Gasteiger charge is 2.11. The molecule has 0 spiro atoms. The standard InChI is InChI=1S/C17H20N2O/c20-17-5-3-4-15(12-17)18-13-14-6-8-16(9-7-14)19-10-1-2-11-19/h3-9,12,18,20H,1-2,10-11,13H2. The SMILES string of the molecule is Oc1cccc(NCc2ccc(N3CCCC3)cc2)c1. The maximum atomic E-state index is 9.42. The molecule has 2 aromatic rings. The van der Waals surface area contributed by atoms with Crippen LogP contribution in [-0.4, -0.2) is 18.2 Å². The molecule has 1 saturated heterocycles. The second kappa shape index (κ2) is 5.87. The number of benzene rings is 2. The molecule has 2 N–H and O–H groups in total. The van der Waals surface area contributed by atoms with Crippen molar-refractivity contribution in [3.8, 4) is 5.75 Å². The van der Waals surface area contributed by atoms with Gasteiger partial charge in [-0.3, -0.25) is 0 Å². The second-order valence-electron chi connectivity index (χ2n) is 5.26. The van der Waals surface area contributed by atoms with Crippen LogP contribution in [0, 0.1) is 0 Å². The Morgan fingerprint density at radius 3 is 2.45 bits per heavy atom. The molecule has 3 nitrogen and oxygen atoms in total. The average Bonchev–Trinajstić information content (AvgIpc) is 3.00. The maximum absolute atomic E-state index is 9.42. The minimum atomic E-state index is 0.291. The summed E-state index contributed by atoms with van der Waals surface area (Å²) in [6.07, 6.45) is 2.61. The molecule has 20 heavy (non-hydrogen) atoms. The highest BCUT2D eigenvalue weighted by molar-refractivity contribution is 5.50. The van der Waals surface area contributed by atoms with Crippen molar-refractivity contribution in [2.45, 2.75) is 19.4 Å². The lowest BCUT2D eigenvalue weighted by molar-refractivity contribution is 0.475. The van der Waals surface area contributed by atoms with Crippen LogP contribution in [0.25, 0.3) is 0 Å². The number of aromatic hydroxyl groups is 1. The summed E-state index contributed by atoms with van der Waals surface area (Å²) in [5.74, 6) is 0.291. The smallest absolute Gasteiger partial charge is 0.117 e. The molecule has 1 heterocycles. The zero-order valence-electron chi connectivity index (χ0n) is 11.5. The van der Waals surface area contributed by atoms with Crippen LogP contribution < -0.4 is 10.2 Å². The van der Waals surface area contributed by atoms with E-state index in [1.165, 1.54) is 37.2 Å². The van der Waals surface area contributed by atoms with Crippen molar-refractivity contribution >= 4 is 11.4 Å². The maximum Gasteiger partial charge on any atom is 0.117 e. The van der Waals surface area contributed by atoms with E-state index >= 15 is 0 Å². The third-order valence-corrected chi connectivity index (χ3v) is 3.75. The topological polar surface area (TPSA) is 35.5 Å². The Morgan fingerprint density at radius 1 is 1.00 bits per heavy atom. The zero-order valence-corrected chi connectivity index (χ0v) is 11.5. The number of hydrogen-bond donors (Lipinski definition) is 2. The Hall–Kier alpha value is -2.16. The van der Waals surface area contributed by atoms with Gasteiger partial charge in [0.25, 0.3) is 0 Å². The molecule has 1 fully saturated rings. The van der Waals surface area contributed by atoms with Crippen LogP contribution in [0.4, 0.5) is 11.4 Å². The van der Waals surface area contributed by atoms with Crippen molar-refractivity contribution in [2.24, 2.45) is 0 Å². The van der Waals surface area contributed by atoms with Crippen LogP contribution in [-0.2, 0) is 6.54 Å². The number of hydrogen-bond acceptors (Lipinski definition) is 3. The number of rotatable bonds is 4. The van der Waals surface area contributed by atoms with Crippen LogP contribution in [0.1, 0.15) is 18.4 Å². The van der Waals surface area contributed by atoms with E-state index < -0.39 is 0 Å². The Balaban J connectivity index is 1.60. The molecular formula is C17H20N2O. The van der Waals surface area contributed by atoms with E-state index in [0.29, 0.717) is 5.75 Å². The van der Waals surface area contributed by atoms with Crippen LogP contribution in [0.15, 0.2) is 48.5 Å². The van der Waals surface area contributed by atoms with Crippen molar-refractivity contribution in [3.63, 3.8) is 0 Å². The summed E-state index contributed by atoms with van der Waals surface area (Å²) in [5.41, 5.74) is 3.51. The van der Waals surface area contributed by atoms with Gasteiger partial charge in [0.05, 0.1) is 0 Å². The minimum absolute atomic E-state index is 0.291. The molecule has 0 amide bonds. The van der Waals surface area contributed by atoms with Crippen molar-refractivity contribution in [3.05, 3.63) is 54.1 Å². The molecule has 0 saturated carbocycles. The van der Waals surface area contributed by atoms with E-state index in [1.807, 2.05) is 12.1 Å². The van der Waals surface area contributed by atoms with Gasteiger partial charge >= 0.3 is 0 Å². The van der Waals surface area contributed by atoms with Crippen molar-refractivity contribution < 1.29 is 5.11 Å². The van der Waals surface area contributed by atoms with Crippen LogP contribution in [0.5, 0.6) is 5.75 Å². The zero-order chi connectivity index (χ0) is 13.8. The average molecular weight is 268 g/mol. The summed E-state index contributed by atoms with van der Waals surface area (Å²) in [5, 5.41) is 12.7. The number of phenolic OH excluding ortho intramolecular Hbond substituents is 1. The first-order valence-electron chi connectivity index (χ1n) is 7.18. The van der Waals surface area contributed by atoms with Crippen LogP contribution in [0.3, 0.4) is 0 Å². The van der Waals surface area contributed by atoms with Gasteiger partial charge in [-0.25, -0.2) is 0 Å². The molecular weight excluding hydrogens is 248 g/mol. The van der Waals surface area contributed by atoms with Gasteiger partial charge in [0.1, 0.15) is 5.75 Å². The molecule has 104 valence electrons. The van der Waals surface area contributed by atoms with Gasteiger partial charge in [-0.15, -0.1) is 0 Å². The predicted octanol–water partition coefficient (Wildman–Crippen LogP) is 3.60. The van der Waals surface area contributed by atoms with Gasteiger partial charge in [0, 0.05) is 37.1 Å². The molecule has 0 atom stereocenters. The van der Waals surface area contributed by atoms with Gasteiger partial charge in [0.15, 0.2) is 0 Å². The third kappa shape index (κ3) is 3.05. The molecule has 3 heteroatoms. The van der Waals surface area contributed by atoms with Crippen LogP contribution in [0.2, 0.25) is 0 Å². The highest BCUT2D eigenvalue weighted by atomic mass is 16.3. The highest BCUT2D eigenvalue weighted by Crippen LogP contribution is 2.21. The lowest BCUT2D eigenvalue weighted by Gasteiger charge is -2.17. The number of nitrogens with zero attached hydrogens (tertiary/aromatic N) is 1. The molecule has 2 aromatic carbocycles. The van der Waals surface area contributed by atoms with Gasteiger partial charge < -0.3 is 15.3 Å². The Morgan fingerprint density at radius 2 is 1.75 bits per heavy atom. The van der Waals surface area contributed by atoms with E-state index in [-0.39, 0.29) is 0 Å². The molecule has 3 rings (SSSR count). The monoisotopic (exact) mass is 268 g/mol. The van der Waals surface area contributed by atoms with Crippen LogP contribution >= 0.6 is 0 Å². The Labute approximate surface area is 119 Å². The van der Waals surface area contributed by atoms with E-state index in [2.05, 4.69) is 34.5 Å². The molecule has 1 aliphatic rings. The molecule has 1 aliphatic heterocycles. The summed E-state index contributed by atoms with van der Waals surface area (Å²) in [6.45, 7) is 3.13. The quantitative estimate of drug-likeness (QED) is 0.889. The van der Waals surface area contributed by atoms with E-state index in [0.717, 1.165) is 12.2 Å². The molecule has 0 aliphatic carbocycles. The largest absolute Gasteiger partial charge is 0.508 e. The summed E-state index contributed by atoms with van der Waals surface area (Å²) in [7, 11) is 0. The summed E-state index contributed by atoms with van der Waals surface area (Å²) in [4.78, 5) is 2.44. The number of phenols is 1. The van der Waals surface area contributed by atoms with E-state index in [4.69, 9.17) is 0 Å². The first-order chi connectivity index (χ1) is 9.81. The molecule has 0 aromatic heterocycles. The Kier molecular flexibility index (Phi) is 3.77. The second-order valence-corrected chi connectivity index (χ2v) is 5.26. The number of anilines is 2. The van der Waals surface area contributed by atoms with Crippen molar-refractivity contribution in [1.29, 1.82) is 0 Å². The van der Waals surface area contributed by atoms with Gasteiger partial charge in [-0.2, -0.15) is 0 Å². The van der Waals surface area contributed by atoms with Gasteiger partial charge in [-0.05, 0) is 42.7 Å². The van der Waals surface area contributed by atoms with Gasteiger partial charge in [-0.1, -0.05) is 18.2 Å². The molecule has 0 bridgehead atoms. The lowest BCUT2D eigenvalue weighted by Crippen LogP contribution is -2.17. The molecule has 0 unspecified atom stereocenters. The summed E-state index contributed by atoms with van der Waals surface area (Å²) < 4.78 is 0. The lowest BCUT2D eigenvalue weighted by atomic mass is 10.2. The fraction of sp³-hybridized carbons (Fsp3) is 0.294. The molecule has 0 radical (unpaired) electrons. The van der Waals surface area contributed by atoms with Crippen molar-refractivity contribution in [1.82, 2.24) is 0 Å². The number of nitrogens with one attached hydrogen (secondary N) is 1. The fourth-order valence-electron chi connectivity index (χ4n) is 2.62. The first kappa shape index (κ1) is 12.9. The van der Waals surface area contributed by atoms with E-state index in [1.54, 1.807) is 12.1 Å². The Bertz CT molecular complexity index is 559. The van der Waals surface area contributed by atoms with E-state index in [9.17, 15) is 5.11 Å². The summed E-state index contributed by atoms with van der Waals surface area (Å²) in [6, 6.07) is 15.9. The normalized spacial score (nSPS) is 14.5. The van der Waals surface area contributed by atoms with Gasteiger partial charge in [0.2, 0.25) is 0 Å². The van der Waals surface area contributed by atoms with Crippen molar-refractivity contribution in [2.75, 3.05) is 23.3 Å². The fourth-order valence-corrected chi connectivity index (χ4v) is 2.62. The first-order valence-corrected chi connectivity index (χ1v) is 7.18.